The van der Waals surface area contributed by atoms with E-state index in [4.69, 9.17) is 9.47 Å². The van der Waals surface area contributed by atoms with E-state index in [0.717, 1.165) is 36.4 Å². The van der Waals surface area contributed by atoms with Crippen LogP contribution in [0.15, 0.2) is 36.4 Å². The maximum atomic E-state index is 12.0. The molecule has 2 aliphatic rings. The van der Waals surface area contributed by atoms with Gasteiger partial charge >= 0.3 is 0 Å². The number of hydrogen-bond donors (Lipinski definition) is 0. The van der Waals surface area contributed by atoms with Crippen molar-refractivity contribution < 1.29 is 14.3 Å². The van der Waals surface area contributed by atoms with Gasteiger partial charge in [0.25, 0.3) is 0 Å². The van der Waals surface area contributed by atoms with Crippen LogP contribution in [0, 0.1) is 0 Å². The van der Waals surface area contributed by atoms with Crippen molar-refractivity contribution in [3.63, 3.8) is 0 Å². The van der Waals surface area contributed by atoms with Crippen molar-refractivity contribution >= 4 is 12.0 Å². The van der Waals surface area contributed by atoms with Gasteiger partial charge in [0.15, 0.2) is 11.5 Å². The zero-order valence-electron chi connectivity index (χ0n) is 12.1. The third kappa shape index (κ3) is 3.10. The van der Waals surface area contributed by atoms with Gasteiger partial charge in [0.05, 0.1) is 0 Å². The third-order valence-corrected chi connectivity index (χ3v) is 3.87. The minimum Gasteiger partial charge on any atom is -0.454 e. The average molecular weight is 285 g/mol. The van der Waals surface area contributed by atoms with Crippen molar-refractivity contribution in [1.29, 1.82) is 0 Å². The summed E-state index contributed by atoms with van der Waals surface area (Å²) in [5.74, 6) is 1.64. The summed E-state index contributed by atoms with van der Waals surface area (Å²) in [5, 5.41) is 0. The molecule has 0 aromatic heterocycles. The zero-order valence-corrected chi connectivity index (χ0v) is 12.1. The van der Waals surface area contributed by atoms with Gasteiger partial charge in [-0.15, -0.1) is 0 Å². The lowest BCUT2D eigenvalue weighted by Crippen LogP contribution is -2.32. The van der Waals surface area contributed by atoms with Crippen LogP contribution >= 0.6 is 0 Å². The second-order valence-corrected chi connectivity index (χ2v) is 5.35. The number of hydrogen-bond acceptors (Lipinski definition) is 3. The quantitative estimate of drug-likeness (QED) is 0.633. The Balaban J connectivity index is 1.59. The topological polar surface area (TPSA) is 38.8 Å². The van der Waals surface area contributed by atoms with Gasteiger partial charge in [0.2, 0.25) is 12.7 Å². The molecule has 1 atom stereocenters. The van der Waals surface area contributed by atoms with Gasteiger partial charge in [-0.1, -0.05) is 24.3 Å². The molecule has 2 aliphatic heterocycles. The van der Waals surface area contributed by atoms with Crippen molar-refractivity contribution in [2.75, 3.05) is 13.3 Å². The van der Waals surface area contributed by atoms with Gasteiger partial charge in [0.1, 0.15) is 0 Å². The highest BCUT2D eigenvalue weighted by Gasteiger charge is 2.22. The number of likely N-dealkylation sites (tertiary alicyclic amines) is 1. The molecule has 4 heteroatoms. The van der Waals surface area contributed by atoms with Gasteiger partial charge in [0, 0.05) is 18.7 Å². The molecule has 0 aliphatic carbocycles. The van der Waals surface area contributed by atoms with Crippen molar-refractivity contribution in [3.05, 3.63) is 42.0 Å². The van der Waals surface area contributed by atoms with Crippen LogP contribution in [0.4, 0.5) is 0 Å². The Morgan fingerprint density at radius 3 is 2.95 bits per heavy atom. The molecule has 1 amide bonds. The van der Waals surface area contributed by atoms with Crippen LogP contribution < -0.4 is 9.47 Å². The average Bonchev–Trinajstić information content (AvgIpc) is 3.11. The Labute approximate surface area is 124 Å². The number of rotatable bonds is 3. The monoisotopic (exact) mass is 285 g/mol. The Kier molecular flexibility index (Phi) is 3.95. The maximum Gasteiger partial charge on any atom is 0.246 e. The molecule has 3 rings (SSSR count). The number of allylic oxidation sites excluding steroid dienone is 2. The highest BCUT2D eigenvalue weighted by molar-refractivity contribution is 5.88. The van der Waals surface area contributed by atoms with Gasteiger partial charge < -0.3 is 14.4 Å². The fourth-order valence-corrected chi connectivity index (χ4v) is 2.68. The zero-order chi connectivity index (χ0) is 14.7. The van der Waals surface area contributed by atoms with E-state index in [1.807, 2.05) is 35.3 Å². The minimum absolute atomic E-state index is 0.0929. The lowest BCUT2D eigenvalue weighted by atomic mass is 10.2. The molecular weight excluding hydrogens is 266 g/mol. The number of carbonyl (C=O) groups is 1. The number of amides is 1. The second kappa shape index (κ2) is 6.04. The Morgan fingerprint density at radius 1 is 1.29 bits per heavy atom. The Morgan fingerprint density at radius 2 is 2.14 bits per heavy atom. The van der Waals surface area contributed by atoms with Gasteiger partial charge in [-0.25, -0.2) is 0 Å². The standard InChI is InChI=1S/C17H19NO3/c1-13-5-4-10-18(13)17(19)7-3-2-6-14-8-9-15-16(11-14)21-12-20-15/h2-3,6-9,11,13H,4-5,10,12H2,1H3/t13-/m0/s1. The third-order valence-electron chi connectivity index (χ3n) is 3.87. The first kappa shape index (κ1) is 13.7. The molecular formula is C17H19NO3. The summed E-state index contributed by atoms with van der Waals surface area (Å²) in [6.45, 7) is 3.25. The molecule has 1 fully saturated rings. The molecule has 0 N–H and O–H groups in total. The molecule has 4 nitrogen and oxygen atoms in total. The Hall–Kier alpha value is -2.23. The largest absolute Gasteiger partial charge is 0.454 e. The number of ether oxygens (including phenoxy) is 2. The fourth-order valence-electron chi connectivity index (χ4n) is 2.68. The number of fused-ring (bicyclic) bond motifs is 1. The molecule has 21 heavy (non-hydrogen) atoms. The second-order valence-electron chi connectivity index (χ2n) is 5.35. The summed E-state index contributed by atoms with van der Waals surface area (Å²) in [6, 6.07) is 6.14. The summed E-state index contributed by atoms with van der Waals surface area (Å²) in [4.78, 5) is 13.9. The number of nitrogens with zero attached hydrogens (tertiary/aromatic N) is 1. The molecule has 110 valence electrons. The summed E-state index contributed by atoms with van der Waals surface area (Å²) >= 11 is 0. The van der Waals surface area contributed by atoms with Crippen molar-refractivity contribution in [2.45, 2.75) is 25.8 Å². The van der Waals surface area contributed by atoms with Crippen LogP contribution in [-0.2, 0) is 4.79 Å². The first-order valence-corrected chi connectivity index (χ1v) is 7.29. The molecule has 1 aromatic rings. The van der Waals surface area contributed by atoms with Crippen LogP contribution in [0.2, 0.25) is 0 Å². The molecule has 1 aromatic carbocycles. The summed E-state index contributed by atoms with van der Waals surface area (Å²) in [5.41, 5.74) is 1.02. The minimum atomic E-state index is 0.0929. The van der Waals surface area contributed by atoms with E-state index in [1.54, 1.807) is 12.2 Å². The molecule has 2 heterocycles. The molecule has 0 unspecified atom stereocenters. The first-order valence-electron chi connectivity index (χ1n) is 7.29. The van der Waals surface area contributed by atoms with E-state index in [2.05, 4.69) is 6.92 Å². The van der Waals surface area contributed by atoms with Crippen molar-refractivity contribution in [1.82, 2.24) is 4.90 Å². The fraction of sp³-hybridized carbons (Fsp3) is 0.353. The molecule has 1 saturated heterocycles. The van der Waals surface area contributed by atoms with Crippen molar-refractivity contribution in [2.24, 2.45) is 0 Å². The van der Waals surface area contributed by atoms with E-state index in [-0.39, 0.29) is 12.7 Å². The van der Waals surface area contributed by atoms with Crippen LogP contribution in [0.25, 0.3) is 6.08 Å². The molecule has 0 spiro atoms. The lowest BCUT2D eigenvalue weighted by molar-refractivity contribution is -0.126. The van der Waals surface area contributed by atoms with Gasteiger partial charge in [-0.3, -0.25) is 4.79 Å². The van der Waals surface area contributed by atoms with E-state index >= 15 is 0 Å². The number of carbonyl (C=O) groups excluding carboxylic acids is 1. The van der Waals surface area contributed by atoms with E-state index in [9.17, 15) is 4.79 Å². The lowest BCUT2D eigenvalue weighted by Gasteiger charge is -2.19. The van der Waals surface area contributed by atoms with Gasteiger partial charge in [-0.05, 0) is 37.5 Å². The van der Waals surface area contributed by atoms with Gasteiger partial charge in [-0.2, -0.15) is 0 Å². The predicted octanol–water partition coefficient (Wildman–Crippen LogP) is 3.00. The predicted molar refractivity (Wildman–Crippen MR) is 81.1 cm³/mol. The molecule has 0 saturated carbocycles. The highest BCUT2D eigenvalue weighted by Crippen LogP contribution is 2.32. The number of benzene rings is 1. The maximum absolute atomic E-state index is 12.0. The summed E-state index contributed by atoms with van der Waals surface area (Å²) in [7, 11) is 0. The normalized spacial score (nSPS) is 20.8. The van der Waals surface area contributed by atoms with Crippen LogP contribution in [-0.4, -0.2) is 30.2 Å². The Bertz CT molecular complexity index is 592. The van der Waals surface area contributed by atoms with E-state index in [0.29, 0.717) is 6.04 Å². The highest BCUT2D eigenvalue weighted by atomic mass is 16.7. The van der Waals surface area contributed by atoms with E-state index in [1.165, 1.54) is 0 Å². The first-order chi connectivity index (χ1) is 10.2. The van der Waals surface area contributed by atoms with Crippen LogP contribution in [0.5, 0.6) is 11.5 Å². The summed E-state index contributed by atoms with van der Waals surface area (Å²) < 4.78 is 10.6. The summed E-state index contributed by atoms with van der Waals surface area (Å²) in [6.07, 6.45) is 9.44. The van der Waals surface area contributed by atoms with E-state index < -0.39 is 0 Å². The van der Waals surface area contributed by atoms with Crippen LogP contribution in [0.3, 0.4) is 0 Å². The smallest absolute Gasteiger partial charge is 0.246 e. The van der Waals surface area contributed by atoms with Crippen molar-refractivity contribution in [3.8, 4) is 11.5 Å². The molecule has 0 radical (unpaired) electrons. The SMILES string of the molecule is C[C@H]1CCCN1C(=O)C=CC=Cc1ccc2c(c1)OCO2. The molecule has 0 bridgehead atoms. The van der Waals surface area contributed by atoms with Crippen LogP contribution in [0.1, 0.15) is 25.3 Å².